The SMILES string of the molecule is Cc1cccc(CN(C(=O)CCCN(c2cccc(C)c2)S(C)(=O)=O)C(C)C(=O)NC(C)C)c1. The molecule has 0 saturated carbocycles. The number of aryl methyl sites for hydroxylation is 2. The van der Waals surface area contributed by atoms with Gasteiger partial charge in [0.25, 0.3) is 0 Å². The van der Waals surface area contributed by atoms with Crippen LogP contribution >= 0.6 is 0 Å². The summed E-state index contributed by atoms with van der Waals surface area (Å²) in [4.78, 5) is 27.5. The average molecular weight is 488 g/mol. The van der Waals surface area contributed by atoms with Crippen molar-refractivity contribution in [3.05, 3.63) is 65.2 Å². The van der Waals surface area contributed by atoms with Crippen molar-refractivity contribution in [2.45, 2.75) is 66.1 Å². The molecule has 0 aliphatic carbocycles. The second-order valence-electron chi connectivity index (χ2n) is 9.13. The first-order valence-electron chi connectivity index (χ1n) is 11.6. The average Bonchev–Trinajstić information content (AvgIpc) is 2.73. The molecule has 0 saturated heterocycles. The molecule has 0 spiro atoms. The van der Waals surface area contributed by atoms with E-state index in [1.54, 1.807) is 17.9 Å². The summed E-state index contributed by atoms with van der Waals surface area (Å²) in [5.74, 6) is -0.404. The van der Waals surface area contributed by atoms with Crippen LogP contribution in [-0.4, -0.2) is 50.0 Å². The zero-order valence-electron chi connectivity index (χ0n) is 21.0. The molecule has 0 radical (unpaired) electrons. The van der Waals surface area contributed by atoms with Crippen molar-refractivity contribution in [3.63, 3.8) is 0 Å². The van der Waals surface area contributed by atoms with Crippen LogP contribution in [0.3, 0.4) is 0 Å². The van der Waals surface area contributed by atoms with Gasteiger partial charge in [0.05, 0.1) is 11.9 Å². The number of nitrogens with one attached hydrogen (secondary N) is 1. The summed E-state index contributed by atoms with van der Waals surface area (Å²) >= 11 is 0. The van der Waals surface area contributed by atoms with Gasteiger partial charge in [0.2, 0.25) is 21.8 Å². The Bertz CT molecular complexity index is 1100. The third kappa shape index (κ3) is 8.17. The molecule has 2 aromatic rings. The lowest BCUT2D eigenvalue weighted by Crippen LogP contribution is -2.49. The summed E-state index contributed by atoms with van der Waals surface area (Å²) in [7, 11) is -3.51. The number of rotatable bonds is 11. The molecule has 0 aromatic heterocycles. The molecule has 8 heteroatoms. The maximum absolute atomic E-state index is 13.3. The van der Waals surface area contributed by atoms with E-state index in [4.69, 9.17) is 0 Å². The summed E-state index contributed by atoms with van der Waals surface area (Å²) in [5.41, 5.74) is 3.55. The Morgan fingerprint density at radius 3 is 2.15 bits per heavy atom. The van der Waals surface area contributed by atoms with Gasteiger partial charge in [-0.25, -0.2) is 8.42 Å². The van der Waals surface area contributed by atoms with Gasteiger partial charge in [-0.15, -0.1) is 0 Å². The van der Waals surface area contributed by atoms with Crippen LogP contribution in [0.1, 0.15) is 50.3 Å². The lowest BCUT2D eigenvalue weighted by molar-refractivity contribution is -0.140. The van der Waals surface area contributed by atoms with Crippen molar-refractivity contribution in [2.75, 3.05) is 17.1 Å². The lowest BCUT2D eigenvalue weighted by Gasteiger charge is -2.30. The third-order valence-electron chi connectivity index (χ3n) is 5.48. The van der Waals surface area contributed by atoms with E-state index < -0.39 is 16.1 Å². The molecule has 0 fully saturated rings. The van der Waals surface area contributed by atoms with Crippen molar-refractivity contribution in [2.24, 2.45) is 0 Å². The predicted molar refractivity (Wildman–Crippen MR) is 137 cm³/mol. The third-order valence-corrected chi connectivity index (χ3v) is 6.67. The maximum Gasteiger partial charge on any atom is 0.242 e. The molecule has 0 aliphatic rings. The minimum Gasteiger partial charge on any atom is -0.352 e. The summed E-state index contributed by atoms with van der Waals surface area (Å²) < 4.78 is 26.1. The van der Waals surface area contributed by atoms with Gasteiger partial charge in [0, 0.05) is 25.6 Å². The normalized spacial score (nSPS) is 12.3. The van der Waals surface area contributed by atoms with Gasteiger partial charge in [-0.1, -0.05) is 42.0 Å². The molecule has 186 valence electrons. The van der Waals surface area contributed by atoms with Crippen molar-refractivity contribution < 1.29 is 18.0 Å². The molecule has 2 rings (SSSR count). The monoisotopic (exact) mass is 487 g/mol. The minimum absolute atomic E-state index is 0.0384. The molecule has 1 N–H and O–H groups in total. The van der Waals surface area contributed by atoms with Gasteiger partial charge in [-0.05, 0) is 64.3 Å². The van der Waals surface area contributed by atoms with E-state index in [1.807, 2.05) is 70.2 Å². The first kappa shape index (κ1) is 27.4. The molecule has 1 atom stereocenters. The summed E-state index contributed by atoms with van der Waals surface area (Å²) in [6.45, 7) is 9.85. The minimum atomic E-state index is -3.51. The fourth-order valence-electron chi connectivity index (χ4n) is 3.78. The first-order chi connectivity index (χ1) is 15.9. The predicted octanol–water partition coefficient (Wildman–Crippen LogP) is 3.79. The van der Waals surface area contributed by atoms with Gasteiger partial charge < -0.3 is 10.2 Å². The van der Waals surface area contributed by atoms with Crippen molar-refractivity contribution >= 4 is 27.5 Å². The lowest BCUT2D eigenvalue weighted by atomic mass is 10.1. The van der Waals surface area contributed by atoms with Crippen LogP contribution in [0.2, 0.25) is 0 Å². The van der Waals surface area contributed by atoms with Gasteiger partial charge in [0.1, 0.15) is 6.04 Å². The smallest absolute Gasteiger partial charge is 0.242 e. The standard InChI is InChI=1S/C26H37N3O4S/c1-19(2)27-26(31)22(5)28(18-23-12-7-10-20(3)16-23)25(30)14-9-15-29(34(6,32)33)24-13-8-11-21(4)17-24/h7-8,10-13,16-17,19,22H,9,14-15,18H2,1-6H3,(H,27,31). The van der Waals surface area contributed by atoms with E-state index in [-0.39, 0.29) is 30.8 Å². The fraction of sp³-hybridized carbons (Fsp3) is 0.462. The highest BCUT2D eigenvalue weighted by atomic mass is 32.2. The largest absolute Gasteiger partial charge is 0.352 e. The van der Waals surface area contributed by atoms with E-state index in [0.29, 0.717) is 18.7 Å². The van der Waals surface area contributed by atoms with E-state index in [9.17, 15) is 18.0 Å². The van der Waals surface area contributed by atoms with Crippen LogP contribution in [0.15, 0.2) is 48.5 Å². The van der Waals surface area contributed by atoms with Gasteiger partial charge in [0.15, 0.2) is 0 Å². The molecular weight excluding hydrogens is 450 g/mol. The highest BCUT2D eigenvalue weighted by Gasteiger charge is 2.27. The number of benzene rings is 2. The molecular formula is C26H37N3O4S. The van der Waals surface area contributed by atoms with E-state index in [2.05, 4.69) is 5.32 Å². The Balaban J connectivity index is 2.17. The Hall–Kier alpha value is -2.87. The number of sulfonamides is 1. The van der Waals surface area contributed by atoms with Gasteiger partial charge in [-0.2, -0.15) is 0 Å². The number of carbonyl (C=O) groups excluding carboxylic acids is 2. The van der Waals surface area contributed by atoms with Crippen LogP contribution in [0.25, 0.3) is 0 Å². The number of anilines is 1. The topological polar surface area (TPSA) is 86.8 Å². The van der Waals surface area contributed by atoms with Crippen molar-refractivity contribution in [1.29, 1.82) is 0 Å². The number of hydrogen-bond acceptors (Lipinski definition) is 4. The van der Waals surface area contributed by atoms with E-state index in [1.165, 1.54) is 10.6 Å². The Labute approximate surface area is 204 Å². The van der Waals surface area contributed by atoms with Crippen LogP contribution < -0.4 is 9.62 Å². The maximum atomic E-state index is 13.3. The van der Waals surface area contributed by atoms with Crippen LogP contribution in [0.4, 0.5) is 5.69 Å². The van der Waals surface area contributed by atoms with Crippen LogP contribution in [-0.2, 0) is 26.2 Å². The molecule has 34 heavy (non-hydrogen) atoms. The molecule has 7 nitrogen and oxygen atoms in total. The van der Waals surface area contributed by atoms with E-state index >= 15 is 0 Å². The summed E-state index contributed by atoms with van der Waals surface area (Å²) in [6.07, 6.45) is 1.63. The van der Waals surface area contributed by atoms with Crippen molar-refractivity contribution in [3.8, 4) is 0 Å². The number of amides is 2. The first-order valence-corrected chi connectivity index (χ1v) is 13.4. The van der Waals surface area contributed by atoms with Crippen LogP contribution in [0, 0.1) is 13.8 Å². The zero-order chi connectivity index (χ0) is 25.5. The molecule has 2 aromatic carbocycles. The zero-order valence-corrected chi connectivity index (χ0v) is 21.9. The van der Waals surface area contributed by atoms with Gasteiger partial charge in [-0.3, -0.25) is 13.9 Å². The molecule has 0 bridgehead atoms. The highest BCUT2D eigenvalue weighted by Crippen LogP contribution is 2.20. The Kier molecular flexibility index (Phi) is 9.67. The van der Waals surface area contributed by atoms with Crippen LogP contribution in [0.5, 0.6) is 0 Å². The molecule has 0 aliphatic heterocycles. The number of nitrogens with zero attached hydrogens (tertiary/aromatic N) is 2. The Morgan fingerprint density at radius 1 is 0.971 bits per heavy atom. The van der Waals surface area contributed by atoms with Crippen molar-refractivity contribution in [1.82, 2.24) is 10.2 Å². The second kappa shape index (κ2) is 12.0. The highest BCUT2D eigenvalue weighted by molar-refractivity contribution is 7.92. The Morgan fingerprint density at radius 2 is 1.59 bits per heavy atom. The fourth-order valence-corrected chi connectivity index (χ4v) is 4.74. The van der Waals surface area contributed by atoms with Gasteiger partial charge >= 0.3 is 0 Å². The quantitative estimate of drug-likeness (QED) is 0.522. The van der Waals surface area contributed by atoms with E-state index in [0.717, 1.165) is 16.7 Å². The number of hydrogen-bond donors (Lipinski definition) is 1. The second-order valence-corrected chi connectivity index (χ2v) is 11.0. The molecule has 2 amide bonds. The number of carbonyl (C=O) groups is 2. The summed E-state index contributed by atoms with van der Waals surface area (Å²) in [6, 6.07) is 14.4. The molecule has 1 unspecified atom stereocenters. The summed E-state index contributed by atoms with van der Waals surface area (Å²) in [5, 5.41) is 2.88. The molecule has 0 heterocycles.